The van der Waals surface area contributed by atoms with Crippen LogP contribution in [0, 0.1) is 5.92 Å². The number of aromatic amines is 1. The predicted molar refractivity (Wildman–Crippen MR) is 84.2 cm³/mol. The minimum Gasteiger partial charge on any atom is -0.393 e. The van der Waals surface area contributed by atoms with Gasteiger partial charge in [-0.3, -0.25) is 9.59 Å². The number of nitrogens with zero attached hydrogens (tertiary/aromatic N) is 2. The number of hydrogen-bond acceptors (Lipinski definition) is 4. The Morgan fingerprint density at radius 2 is 2.09 bits per heavy atom. The minimum atomic E-state index is -0.321. The van der Waals surface area contributed by atoms with Gasteiger partial charge in [-0.15, -0.1) is 0 Å². The number of nitrogens with one attached hydrogen (secondary N) is 1. The molecule has 0 bridgehead atoms. The molecule has 0 spiro atoms. The number of hydrogen-bond donors (Lipinski definition) is 2. The van der Waals surface area contributed by atoms with Crippen LogP contribution in [0.15, 0.2) is 10.9 Å². The van der Waals surface area contributed by atoms with Crippen molar-refractivity contribution in [2.45, 2.75) is 63.0 Å². The summed E-state index contributed by atoms with van der Waals surface area (Å²) in [5, 5.41) is 9.98. The van der Waals surface area contributed by atoms with E-state index < -0.39 is 0 Å². The highest BCUT2D eigenvalue weighted by atomic mass is 16.3. The Balaban J connectivity index is 1.61. The van der Waals surface area contributed by atoms with Crippen LogP contribution < -0.4 is 5.56 Å². The van der Waals surface area contributed by atoms with Gasteiger partial charge < -0.3 is 15.0 Å². The number of piperidine rings is 1. The Hall–Kier alpha value is -1.69. The van der Waals surface area contributed by atoms with Crippen molar-refractivity contribution in [1.82, 2.24) is 14.9 Å². The van der Waals surface area contributed by atoms with Crippen LogP contribution >= 0.6 is 0 Å². The van der Waals surface area contributed by atoms with Crippen LogP contribution in [-0.4, -0.2) is 44.6 Å². The van der Waals surface area contributed by atoms with E-state index in [1.165, 1.54) is 6.07 Å². The van der Waals surface area contributed by atoms with E-state index in [4.69, 9.17) is 0 Å². The number of likely N-dealkylation sites (tertiary alicyclic amines) is 1. The van der Waals surface area contributed by atoms with Crippen LogP contribution in [0.2, 0.25) is 0 Å². The summed E-state index contributed by atoms with van der Waals surface area (Å²) in [5.41, 5.74) is 0.0128. The quantitative estimate of drug-likeness (QED) is 0.863. The Labute approximate surface area is 134 Å². The van der Waals surface area contributed by atoms with Gasteiger partial charge in [-0.25, -0.2) is 4.98 Å². The molecular weight excluding hydrogens is 294 g/mol. The molecule has 1 aromatic heterocycles. The first kappa shape index (κ1) is 14.9. The lowest BCUT2D eigenvalue weighted by atomic mass is 9.77. The number of fused-ring (bicyclic) bond motifs is 1. The molecule has 0 unspecified atom stereocenters. The number of carbonyl (C=O) groups excluding carboxylic acids is 1. The molecule has 3 atom stereocenters. The second-order valence-electron chi connectivity index (χ2n) is 7.23. The molecule has 124 valence electrons. The normalized spacial score (nSPS) is 30.8. The van der Waals surface area contributed by atoms with Gasteiger partial charge in [0.25, 0.3) is 11.5 Å². The van der Waals surface area contributed by atoms with E-state index in [-0.39, 0.29) is 29.3 Å². The molecule has 0 aromatic carbocycles. The zero-order valence-corrected chi connectivity index (χ0v) is 13.2. The summed E-state index contributed by atoms with van der Waals surface area (Å²) < 4.78 is 0. The molecule has 4 rings (SSSR count). The fourth-order valence-corrected chi connectivity index (χ4v) is 4.13. The number of aliphatic hydroxyl groups is 1. The number of aliphatic hydroxyl groups excluding tert-OH is 1. The van der Waals surface area contributed by atoms with E-state index in [9.17, 15) is 14.7 Å². The number of amides is 1. The van der Waals surface area contributed by atoms with Crippen molar-refractivity contribution >= 4 is 5.91 Å². The van der Waals surface area contributed by atoms with Gasteiger partial charge in [0.2, 0.25) is 0 Å². The van der Waals surface area contributed by atoms with Gasteiger partial charge in [0.15, 0.2) is 0 Å². The lowest BCUT2D eigenvalue weighted by Gasteiger charge is -2.45. The maximum atomic E-state index is 12.9. The number of H-pyrrole nitrogens is 1. The Bertz CT molecular complexity index is 667. The largest absolute Gasteiger partial charge is 0.393 e. The SMILES string of the molecule is O=C(c1cc(=O)[nH]c(C2CC2)n1)N1CCC[C@H]2CC[C@@H](O)C[C@H]21. The minimum absolute atomic E-state index is 0.0884. The van der Waals surface area contributed by atoms with Gasteiger partial charge in [0.1, 0.15) is 11.5 Å². The average Bonchev–Trinajstić information content (AvgIpc) is 3.38. The first-order valence-corrected chi connectivity index (χ1v) is 8.72. The lowest BCUT2D eigenvalue weighted by molar-refractivity contribution is 0.00534. The molecule has 2 N–H and O–H groups in total. The molecule has 3 aliphatic rings. The summed E-state index contributed by atoms with van der Waals surface area (Å²) in [6, 6.07) is 1.40. The molecule has 1 aliphatic heterocycles. The second-order valence-corrected chi connectivity index (χ2v) is 7.23. The summed E-state index contributed by atoms with van der Waals surface area (Å²) in [6.45, 7) is 0.694. The highest BCUT2D eigenvalue weighted by Gasteiger charge is 2.39. The van der Waals surface area contributed by atoms with E-state index in [0.717, 1.165) is 38.5 Å². The van der Waals surface area contributed by atoms with Crippen molar-refractivity contribution in [2.24, 2.45) is 5.92 Å². The molecule has 2 saturated carbocycles. The molecule has 1 aromatic rings. The zero-order valence-electron chi connectivity index (χ0n) is 13.2. The van der Waals surface area contributed by atoms with E-state index in [2.05, 4.69) is 9.97 Å². The van der Waals surface area contributed by atoms with E-state index in [1.807, 2.05) is 4.90 Å². The highest BCUT2D eigenvalue weighted by Crippen LogP contribution is 2.38. The molecule has 23 heavy (non-hydrogen) atoms. The third-order valence-corrected chi connectivity index (χ3v) is 5.51. The van der Waals surface area contributed by atoms with Crippen LogP contribution in [-0.2, 0) is 0 Å². The van der Waals surface area contributed by atoms with Crippen LogP contribution in [0.1, 0.15) is 67.2 Å². The smallest absolute Gasteiger partial charge is 0.272 e. The van der Waals surface area contributed by atoms with E-state index in [0.29, 0.717) is 30.6 Å². The van der Waals surface area contributed by atoms with Gasteiger partial charge in [0, 0.05) is 24.6 Å². The van der Waals surface area contributed by atoms with Crippen molar-refractivity contribution < 1.29 is 9.90 Å². The molecule has 2 heterocycles. The summed E-state index contributed by atoms with van der Waals surface area (Å²) >= 11 is 0. The van der Waals surface area contributed by atoms with Crippen molar-refractivity contribution in [2.75, 3.05) is 6.54 Å². The number of carbonyl (C=O) groups is 1. The van der Waals surface area contributed by atoms with E-state index >= 15 is 0 Å². The first-order chi connectivity index (χ1) is 11.1. The Morgan fingerprint density at radius 1 is 1.26 bits per heavy atom. The van der Waals surface area contributed by atoms with Crippen LogP contribution in [0.25, 0.3) is 0 Å². The van der Waals surface area contributed by atoms with Crippen molar-refractivity contribution in [3.05, 3.63) is 27.9 Å². The molecule has 0 radical (unpaired) electrons. The molecule has 6 heteroatoms. The van der Waals surface area contributed by atoms with Crippen LogP contribution in [0.3, 0.4) is 0 Å². The summed E-state index contributed by atoms with van der Waals surface area (Å²) in [7, 11) is 0. The third-order valence-electron chi connectivity index (χ3n) is 5.51. The molecular formula is C17H23N3O3. The zero-order chi connectivity index (χ0) is 16.0. The van der Waals surface area contributed by atoms with Crippen LogP contribution in [0.5, 0.6) is 0 Å². The second kappa shape index (κ2) is 5.74. The topological polar surface area (TPSA) is 86.3 Å². The standard InChI is InChI=1S/C17H23N3O3/c21-12-6-5-10-2-1-7-20(14(10)8-12)17(23)13-9-15(22)19-16(18-13)11-3-4-11/h9-12,14,21H,1-8H2,(H,18,19,22)/t10-,12+,14+/m0/s1. The number of aromatic nitrogens is 2. The van der Waals surface area contributed by atoms with Crippen molar-refractivity contribution in [1.29, 1.82) is 0 Å². The Kier molecular flexibility index (Phi) is 3.71. The molecule has 3 fully saturated rings. The predicted octanol–water partition coefficient (Wildman–Crippen LogP) is 1.41. The van der Waals surface area contributed by atoms with Gasteiger partial charge in [0.05, 0.1) is 6.10 Å². The van der Waals surface area contributed by atoms with Crippen molar-refractivity contribution in [3.8, 4) is 0 Å². The van der Waals surface area contributed by atoms with Gasteiger partial charge in [-0.2, -0.15) is 0 Å². The van der Waals surface area contributed by atoms with Gasteiger partial charge in [-0.05, 0) is 50.9 Å². The maximum Gasteiger partial charge on any atom is 0.272 e. The molecule has 1 amide bonds. The lowest BCUT2D eigenvalue weighted by Crippen LogP contribution is -2.52. The monoisotopic (exact) mass is 317 g/mol. The third kappa shape index (κ3) is 2.92. The highest BCUT2D eigenvalue weighted by molar-refractivity contribution is 5.92. The fourth-order valence-electron chi connectivity index (χ4n) is 4.13. The Morgan fingerprint density at radius 3 is 2.87 bits per heavy atom. The maximum absolute atomic E-state index is 12.9. The molecule has 1 saturated heterocycles. The number of rotatable bonds is 2. The first-order valence-electron chi connectivity index (χ1n) is 8.72. The summed E-state index contributed by atoms with van der Waals surface area (Å²) in [6.07, 6.45) is 6.30. The van der Waals surface area contributed by atoms with E-state index in [1.54, 1.807) is 0 Å². The van der Waals surface area contributed by atoms with Gasteiger partial charge >= 0.3 is 0 Å². The molecule has 2 aliphatic carbocycles. The van der Waals surface area contributed by atoms with Crippen LogP contribution in [0.4, 0.5) is 0 Å². The molecule has 6 nitrogen and oxygen atoms in total. The van der Waals surface area contributed by atoms with Crippen molar-refractivity contribution in [3.63, 3.8) is 0 Å². The van der Waals surface area contributed by atoms with Gasteiger partial charge in [-0.1, -0.05) is 0 Å². The summed E-state index contributed by atoms with van der Waals surface area (Å²) in [4.78, 5) is 33.8. The summed E-state index contributed by atoms with van der Waals surface area (Å²) in [5.74, 6) is 1.28. The fraction of sp³-hybridized carbons (Fsp3) is 0.706. The average molecular weight is 317 g/mol.